The highest BCUT2D eigenvalue weighted by Gasteiger charge is 2.51. The lowest BCUT2D eigenvalue weighted by Gasteiger charge is -2.33. The van der Waals surface area contributed by atoms with Gasteiger partial charge < -0.3 is 20.5 Å². The van der Waals surface area contributed by atoms with Gasteiger partial charge in [-0.3, -0.25) is 9.59 Å². The van der Waals surface area contributed by atoms with Crippen LogP contribution in [0.1, 0.15) is 15.9 Å². The van der Waals surface area contributed by atoms with Crippen LogP contribution in [0.5, 0.6) is 0 Å². The van der Waals surface area contributed by atoms with Gasteiger partial charge in [0.2, 0.25) is 0 Å². The standard InChI is InChI=1S/C25H22ClN5O4S/c26-21-9-8-19(36-21)18-10-12-31(30-18)22-17(7-4-11-28-22)23(32)29-20(15-16-5-2-1-3-6-16)25(24(27)33)34-13-14-35-25/h1-12,20H,13-15H2,(H2,27,33)(H,29,32). The first-order valence-corrected chi connectivity index (χ1v) is 12.3. The van der Waals surface area contributed by atoms with Crippen LogP contribution in [0.4, 0.5) is 0 Å². The zero-order chi connectivity index (χ0) is 25.1. The van der Waals surface area contributed by atoms with Gasteiger partial charge in [0.25, 0.3) is 17.6 Å². The lowest BCUT2D eigenvalue weighted by Crippen LogP contribution is -2.61. The van der Waals surface area contributed by atoms with E-state index in [0.29, 0.717) is 15.8 Å². The predicted molar refractivity (Wildman–Crippen MR) is 135 cm³/mol. The third-order valence-electron chi connectivity index (χ3n) is 5.77. The molecule has 3 N–H and O–H groups in total. The molecule has 1 aliphatic rings. The van der Waals surface area contributed by atoms with Crippen LogP contribution in [0.3, 0.4) is 0 Å². The molecule has 5 rings (SSSR count). The van der Waals surface area contributed by atoms with Crippen LogP contribution in [0.25, 0.3) is 16.4 Å². The molecular weight excluding hydrogens is 502 g/mol. The maximum absolute atomic E-state index is 13.6. The fourth-order valence-corrected chi connectivity index (χ4v) is 5.10. The number of nitrogens with zero attached hydrogens (tertiary/aromatic N) is 3. The Morgan fingerprint density at radius 1 is 1.11 bits per heavy atom. The molecule has 2 amide bonds. The summed E-state index contributed by atoms with van der Waals surface area (Å²) in [7, 11) is 0. The Morgan fingerprint density at radius 3 is 2.58 bits per heavy atom. The van der Waals surface area contributed by atoms with Crippen molar-refractivity contribution in [1.29, 1.82) is 0 Å². The molecule has 1 unspecified atom stereocenters. The summed E-state index contributed by atoms with van der Waals surface area (Å²) in [4.78, 5) is 31.3. The maximum Gasteiger partial charge on any atom is 0.280 e. The van der Waals surface area contributed by atoms with Crippen LogP contribution in [0, 0.1) is 0 Å². The van der Waals surface area contributed by atoms with E-state index >= 15 is 0 Å². The van der Waals surface area contributed by atoms with E-state index in [9.17, 15) is 9.59 Å². The van der Waals surface area contributed by atoms with Gasteiger partial charge in [-0.1, -0.05) is 41.9 Å². The van der Waals surface area contributed by atoms with Gasteiger partial charge in [-0.2, -0.15) is 5.10 Å². The summed E-state index contributed by atoms with van der Waals surface area (Å²) >= 11 is 7.46. The highest BCUT2D eigenvalue weighted by atomic mass is 35.5. The van der Waals surface area contributed by atoms with Gasteiger partial charge >= 0.3 is 0 Å². The summed E-state index contributed by atoms with van der Waals surface area (Å²) in [5, 5.41) is 7.49. The second-order valence-electron chi connectivity index (χ2n) is 8.07. The number of rotatable bonds is 8. The van der Waals surface area contributed by atoms with Crippen LogP contribution >= 0.6 is 22.9 Å². The number of pyridine rings is 1. The minimum atomic E-state index is -1.79. The van der Waals surface area contributed by atoms with Crippen molar-refractivity contribution in [3.63, 3.8) is 0 Å². The Balaban J connectivity index is 1.46. The Bertz CT molecular complexity index is 1380. The predicted octanol–water partition coefficient (Wildman–Crippen LogP) is 3.22. The molecule has 1 saturated heterocycles. The van der Waals surface area contributed by atoms with Gasteiger partial charge in [0.1, 0.15) is 5.69 Å². The quantitative estimate of drug-likeness (QED) is 0.366. The third-order valence-corrected chi connectivity index (χ3v) is 7.02. The van der Waals surface area contributed by atoms with Crippen LogP contribution in [0.2, 0.25) is 4.34 Å². The first-order valence-electron chi connectivity index (χ1n) is 11.2. The van der Waals surface area contributed by atoms with Crippen LogP contribution < -0.4 is 11.1 Å². The number of aromatic nitrogens is 3. The van der Waals surface area contributed by atoms with Crippen molar-refractivity contribution in [2.75, 3.05) is 13.2 Å². The Hall–Kier alpha value is -3.57. The van der Waals surface area contributed by atoms with Crippen LogP contribution in [0.15, 0.2) is 73.1 Å². The van der Waals surface area contributed by atoms with Crippen molar-refractivity contribution in [3.8, 4) is 16.4 Å². The SMILES string of the molecule is NC(=O)C1(C(Cc2ccccc2)NC(=O)c2cccnc2-n2ccc(-c3ccc(Cl)s3)n2)OCCO1. The number of halogens is 1. The number of benzene rings is 1. The summed E-state index contributed by atoms with van der Waals surface area (Å²) in [6.45, 7) is 0.371. The molecule has 0 radical (unpaired) electrons. The van der Waals surface area contributed by atoms with Crippen molar-refractivity contribution in [3.05, 3.63) is 88.5 Å². The van der Waals surface area contributed by atoms with E-state index < -0.39 is 23.6 Å². The van der Waals surface area contributed by atoms with Crippen molar-refractivity contribution in [2.24, 2.45) is 5.73 Å². The molecule has 0 spiro atoms. The summed E-state index contributed by atoms with van der Waals surface area (Å²) in [6.07, 6.45) is 3.55. The number of amides is 2. The Morgan fingerprint density at radius 2 is 1.89 bits per heavy atom. The van der Waals surface area contributed by atoms with Crippen molar-refractivity contribution < 1.29 is 19.1 Å². The number of primary amides is 1. The molecule has 11 heteroatoms. The number of nitrogens with two attached hydrogens (primary N) is 1. The van der Waals surface area contributed by atoms with Crippen molar-refractivity contribution >= 4 is 34.8 Å². The lowest BCUT2D eigenvalue weighted by atomic mass is 9.97. The molecule has 1 aromatic carbocycles. The number of nitrogens with one attached hydrogen (secondary N) is 1. The molecule has 9 nitrogen and oxygen atoms in total. The molecular formula is C25H22ClN5O4S. The molecule has 4 aromatic rings. The molecule has 1 atom stereocenters. The zero-order valence-corrected chi connectivity index (χ0v) is 20.5. The van der Waals surface area contributed by atoms with Crippen LogP contribution in [-0.4, -0.2) is 51.6 Å². The fourth-order valence-electron chi connectivity index (χ4n) is 4.09. The topological polar surface area (TPSA) is 121 Å². The number of hydrogen-bond acceptors (Lipinski definition) is 7. The van der Waals surface area contributed by atoms with E-state index in [1.54, 1.807) is 30.6 Å². The van der Waals surface area contributed by atoms with E-state index in [1.807, 2.05) is 42.5 Å². The number of thiophene rings is 1. The minimum absolute atomic E-state index is 0.186. The molecule has 1 aliphatic heterocycles. The average Bonchev–Trinajstić information content (AvgIpc) is 3.65. The van der Waals surface area contributed by atoms with E-state index in [1.165, 1.54) is 16.0 Å². The maximum atomic E-state index is 13.6. The first-order chi connectivity index (χ1) is 17.5. The monoisotopic (exact) mass is 523 g/mol. The fraction of sp³-hybridized carbons (Fsp3) is 0.200. The van der Waals surface area contributed by atoms with Crippen LogP contribution in [-0.2, 0) is 20.7 Å². The van der Waals surface area contributed by atoms with Gasteiger partial charge in [0, 0.05) is 12.4 Å². The van der Waals surface area contributed by atoms with E-state index in [2.05, 4.69) is 15.4 Å². The van der Waals surface area contributed by atoms with Gasteiger partial charge in [-0.25, -0.2) is 9.67 Å². The van der Waals surface area contributed by atoms with E-state index in [4.69, 9.17) is 26.8 Å². The number of carbonyl (C=O) groups is 2. The average molecular weight is 524 g/mol. The second kappa shape index (κ2) is 10.2. The normalized spacial score (nSPS) is 15.5. The summed E-state index contributed by atoms with van der Waals surface area (Å²) in [5.74, 6) is -2.75. The zero-order valence-electron chi connectivity index (χ0n) is 19.0. The number of hydrogen-bond donors (Lipinski definition) is 2. The highest BCUT2D eigenvalue weighted by Crippen LogP contribution is 2.30. The molecule has 0 bridgehead atoms. The van der Waals surface area contributed by atoms with Gasteiger partial charge in [-0.05, 0) is 42.3 Å². The third kappa shape index (κ3) is 4.76. The van der Waals surface area contributed by atoms with Gasteiger partial charge in [-0.15, -0.1) is 11.3 Å². The summed E-state index contributed by atoms with van der Waals surface area (Å²) < 4.78 is 13.6. The minimum Gasteiger partial charge on any atom is -0.365 e. The van der Waals surface area contributed by atoms with E-state index in [0.717, 1.165) is 10.4 Å². The number of ether oxygens (including phenoxy) is 2. The number of carbonyl (C=O) groups excluding carboxylic acids is 2. The largest absolute Gasteiger partial charge is 0.365 e. The van der Waals surface area contributed by atoms with Gasteiger partial charge in [0.15, 0.2) is 5.82 Å². The Kier molecular flexibility index (Phi) is 6.84. The van der Waals surface area contributed by atoms with Crippen molar-refractivity contribution in [2.45, 2.75) is 18.2 Å². The first kappa shape index (κ1) is 24.1. The molecule has 1 fully saturated rings. The second-order valence-corrected chi connectivity index (χ2v) is 9.78. The summed E-state index contributed by atoms with van der Waals surface area (Å²) in [6, 6.07) is 17.3. The molecule has 3 aromatic heterocycles. The highest BCUT2D eigenvalue weighted by molar-refractivity contribution is 7.19. The van der Waals surface area contributed by atoms with E-state index in [-0.39, 0.29) is 25.2 Å². The molecule has 0 aliphatic carbocycles. The molecule has 4 heterocycles. The molecule has 36 heavy (non-hydrogen) atoms. The molecule has 184 valence electrons. The smallest absolute Gasteiger partial charge is 0.280 e. The van der Waals surface area contributed by atoms with Crippen molar-refractivity contribution in [1.82, 2.24) is 20.1 Å². The Labute approximate surface area is 215 Å². The van der Waals surface area contributed by atoms with Gasteiger partial charge in [0.05, 0.1) is 34.0 Å². The summed E-state index contributed by atoms with van der Waals surface area (Å²) in [5.41, 5.74) is 7.54. The molecule has 0 saturated carbocycles. The lowest BCUT2D eigenvalue weighted by molar-refractivity contribution is -0.189.